The van der Waals surface area contributed by atoms with E-state index in [0.717, 1.165) is 11.1 Å². The summed E-state index contributed by atoms with van der Waals surface area (Å²) in [5.41, 5.74) is 0.973. The zero-order valence-electron chi connectivity index (χ0n) is 29.9. The van der Waals surface area contributed by atoms with Gasteiger partial charge in [0.1, 0.15) is 23.7 Å². The molecule has 0 spiro atoms. The Morgan fingerprint density at radius 2 is 1.43 bits per heavy atom. The summed E-state index contributed by atoms with van der Waals surface area (Å²) in [7, 11) is 0. The van der Waals surface area contributed by atoms with Crippen LogP contribution >= 0.6 is 0 Å². The van der Waals surface area contributed by atoms with Gasteiger partial charge in [-0.3, -0.25) is 24.2 Å². The number of hydrogen-bond acceptors (Lipinski definition) is 8. The van der Waals surface area contributed by atoms with Crippen LogP contribution < -0.4 is 26.6 Å². The van der Waals surface area contributed by atoms with Crippen molar-refractivity contribution in [2.24, 2.45) is 11.8 Å². The first-order valence-corrected chi connectivity index (χ1v) is 16.8. The summed E-state index contributed by atoms with van der Waals surface area (Å²) in [5, 5.41) is 25.0. The van der Waals surface area contributed by atoms with Gasteiger partial charge in [-0.25, -0.2) is 4.79 Å². The van der Waals surface area contributed by atoms with Gasteiger partial charge < -0.3 is 36.4 Å². The lowest BCUT2D eigenvalue weighted by Crippen LogP contribution is -2.56. The van der Waals surface area contributed by atoms with Crippen LogP contribution in [0.15, 0.2) is 54.9 Å². The van der Waals surface area contributed by atoms with Crippen LogP contribution in [0.3, 0.4) is 0 Å². The lowest BCUT2D eigenvalue weighted by atomic mass is 9.92. The molecule has 0 saturated heterocycles. The van der Waals surface area contributed by atoms with Gasteiger partial charge in [-0.05, 0) is 76.1 Å². The largest absolute Gasteiger partial charge is 0.444 e. The molecule has 5 amide bonds. The first kappa shape index (κ1) is 40.7. The Balaban J connectivity index is 2.07. The molecular weight excluding hydrogens is 628 g/mol. The summed E-state index contributed by atoms with van der Waals surface area (Å²) in [4.78, 5) is 68.7. The SMILES string of the molecule is CC[C@H](NC(=O)OC(C)(C)C)C(=O)N[C@@H](C)C(=O)N[C@@H](Cc1ccccc1)[C@@H](O)C[C@@H](C)C(=O)N[C@H](C(=O)NCc1ccncc1)C(C)C. The van der Waals surface area contributed by atoms with Crippen LogP contribution in [0, 0.1) is 11.8 Å². The van der Waals surface area contributed by atoms with Crippen molar-refractivity contribution >= 4 is 29.7 Å². The molecule has 0 bridgehead atoms. The number of aromatic nitrogens is 1. The summed E-state index contributed by atoms with van der Waals surface area (Å²) < 4.78 is 5.24. The van der Waals surface area contributed by atoms with Gasteiger partial charge in [0, 0.05) is 24.9 Å². The molecule has 0 aliphatic carbocycles. The van der Waals surface area contributed by atoms with Crippen molar-refractivity contribution < 1.29 is 33.8 Å². The number of pyridine rings is 1. The van der Waals surface area contributed by atoms with E-state index in [1.54, 1.807) is 59.1 Å². The molecule has 6 atom stereocenters. The van der Waals surface area contributed by atoms with Gasteiger partial charge in [-0.15, -0.1) is 0 Å². The van der Waals surface area contributed by atoms with Gasteiger partial charge in [0.15, 0.2) is 0 Å². The van der Waals surface area contributed by atoms with Gasteiger partial charge in [0.05, 0.1) is 12.1 Å². The molecule has 0 fully saturated rings. The van der Waals surface area contributed by atoms with Crippen LogP contribution in [0.4, 0.5) is 4.79 Å². The smallest absolute Gasteiger partial charge is 0.408 e. The van der Waals surface area contributed by atoms with Gasteiger partial charge in [0.25, 0.3) is 0 Å². The number of nitrogens with one attached hydrogen (secondary N) is 5. The quantitative estimate of drug-likeness (QED) is 0.147. The minimum absolute atomic E-state index is 0.00841. The average Bonchev–Trinajstić information content (AvgIpc) is 3.04. The van der Waals surface area contributed by atoms with E-state index in [0.29, 0.717) is 0 Å². The molecule has 2 rings (SSSR count). The number of aliphatic hydroxyl groups is 1. The van der Waals surface area contributed by atoms with E-state index in [4.69, 9.17) is 4.74 Å². The molecule has 1 aromatic carbocycles. The van der Waals surface area contributed by atoms with E-state index >= 15 is 0 Å². The number of nitrogens with zero attached hydrogens (tertiary/aromatic N) is 1. The zero-order valence-corrected chi connectivity index (χ0v) is 29.9. The molecule has 0 aliphatic heterocycles. The molecule has 1 aromatic heterocycles. The van der Waals surface area contributed by atoms with E-state index in [-0.39, 0.29) is 37.6 Å². The van der Waals surface area contributed by atoms with E-state index < -0.39 is 65.6 Å². The first-order chi connectivity index (χ1) is 23.0. The van der Waals surface area contributed by atoms with Crippen molar-refractivity contribution in [1.29, 1.82) is 0 Å². The van der Waals surface area contributed by atoms with Crippen molar-refractivity contribution in [2.75, 3.05) is 0 Å². The van der Waals surface area contributed by atoms with Crippen LogP contribution in [0.25, 0.3) is 0 Å². The van der Waals surface area contributed by atoms with Gasteiger partial charge in [-0.1, -0.05) is 58.0 Å². The third kappa shape index (κ3) is 14.6. The Morgan fingerprint density at radius 3 is 2.00 bits per heavy atom. The van der Waals surface area contributed by atoms with Crippen LogP contribution in [0.2, 0.25) is 0 Å². The molecule has 6 N–H and O–H groups in total. The number of carbonyl (C=O) groups excluding carboxylic acids is 5. The number of rotatable bonds is 17. The summed E-state index contributed by atoms with van der Waals surface area (Å²) >= 11 is 0. The number of aliphatic hydroxyl groups excluding tert-OH is 1. The average molecular weight is 683 g/mol. The normalized spacial score (nSPS) is 15.1. The van der Waals surface area contributed by atoms with Gasteiger partial charge >= 0.3 is 6.09 Å². The minimum atomic E-state index is -1.15. The second-order valence-corrected chi connectivity index (χ2v) is 13.6. The summed E-state index contributed by atoms with van der Waals surface area (Å²) in [6.07, 6.45) is 1.88. The fourth-order valence-electron chi connectivity index (χ4n) is 4.91. The molecule has 49 heavy (non-hydrogen) atoms. The van der Waals surface area contributed by atoms with Gasteiger partial charge in [0.2, 0.25) is 23.6 Å². The monoisotopic (exact) mass is 682 g/mol. The Bertz CT molecular complexity index is 1370. The number of ether oxygens (including phenoxy) is 1. The molecule has 0 radical (unpaired) electrons. The highest BCUT2D eigenvalue weighted by Gasteiger charge is 2.31. The van der Waals surface area contributed by atoms with Crippen molar-refractivity contribution in [3.63, 3.8) is 0 Å². The topological polar surface area (TPSA) is 188 Å². The number of amides is 5. The fourth-order valence-corrected chi connectivity index (χ4v) is 4.91. The molecule has 0 aliphatic rings. The molecule has 2 aromatic rings. The van der Waals surface area contributed by atoms with E-state index in [2.05, 4.69) is 31.6 Å². The zero-order chi connectivity index (χ0) is 36.7. The lowest BCUT2D eigenvalue weighted by molar-refractivity contribution is -0.132. The number of alkyl carbamates (subject to hydrolysis) is 1. The summed E-state index contributed by atoms with van der Waals surface area (Å²) in [5.74, 6) is -2.77. The molecular formula is C36H54N6O7. The summed E-state index contributed by atoms with van der Waals surface area (Å²) in [6, 6.07) is 9.29. The fraction of sp³-hybridized carbons (Fsp3) is 0.556. The molecule has 0 unspecified atom stereocenters. The molecule has 1 heterocycles. The maximum atomic E-state index is 13.3. The van der Waals surface area contributed by atoms with Crippen molar-refractivity contribution in [3.8, 4) is 0 Å². The van der Waals surface area contributed by atoms with Crippen LogP contribution in [0.5, 0.6) is 0 Å². The predicted octanol–water partition coefficient (Wildman–Crippen LogP) is 2.76. The molecule has 270 valence electrons. The van der Waals surface area contributed by atoms with E-state index in [9.17, 15) is 29.1 Å². The van der Waals surface area contributed by atoms with E-state index in [1.807, 2.05) is 44.2 Å². The highest BCUT2D eigenvalue weighted by molar-refractivity contribution is 5.91. The Hall–Kier alpha value is -4.52. The maximum absolute atomic E-state index is 13.3. The van der Waals surface area contributed by atoms with Crippen molar-refractivity contribution in [1.82, 2.24) is 31.6 Å². The minimum Gasteiger partial charge on any atom is -0.444 e. The summed E-state index contributed by atoms with van der Waals surface area (Å²) in [6.45, 7) is 13.9. The highest BCUT2D eigenvalue weighted by Crippen LogP contribution is 2.16. The second kappa shape index (κ2) is 19.5. The standard InChI is InChI=1S/C36H54N6O7/c1-9-27(41-35(48)49-36(6,7)8)33(46)39-24(5)32(45)40-28(20-25-13-11-10-12-14-25)29(43)19-23(4)31(44)42-30(22(2)3)34(47)38-21-26-15-17-37-18-16-26/h10-18,22-24,27-30,43H,9,19-21H2,1-8H3,(H,38,47)(H,39,46)(H,40,45)(H,41,48)(H,42,44)/t23-,24+,27+,28+,29+,30+/m1/s1. The van der Waals surface area contributed by atoms with Crippen LogP contribution in [-0.2, 0) is 36.9 Å². The Labute approximate surface area is 289 Å². The molecule has 0 saturated carbocycles. The van der Waals surface area contributed by atoms with Crippen molar-refractivity contribution in [2.45, 2.75) is 117 Å². The Kier molecular flexibility index (Phi) is 16.2. The molecule has 13 heteroatoms. The third-order valence-corrected chi connectivity index (χ3v) is 7.76. The van der Waals surface area contributed by atoms with Crippen LogP contribution in [-0.4, -0.2) is 75.7 Å². The number of benzene rings is 1. The number of carbonyl (C=O) groups is 5. The lowest BCUT2D eigenvalue weighted by Gasteiger charge is -2.29. The highest BCUT2D eigenvalue weighted by atomic mass is 16.6. The first-order valence-electron chi connectivity index (χ1n) is 16.8. The number of hydrogen-bond donors (Lipinski definition) is 6. The Morgan fingerprint density at radius 1 is 0.796 bits per heavy atom. The van der Waals surface area contributed by atoms with Crippen molar-refractivity contribution in [3.05, 3.63) is 66.0 Å². The predicted molar refractivity (Wildman–Crippen MR) is 186 cm³/mol. The third-order valence-electron chi connectivity index (χ3n) is 7.76. The molecule has 13 nitrogen and oxygen atoms in total. The maximum Gasteiger partial charge on any atom is 0.408 e. The van der Waals surface area contributed by atoms with E-state index in [1.165, 1.54) is 6.92 Å². The van der Waals surface area contributed by atoms with Gasteiger partial charge in [-0.2, -0.15) is 0 Å². The van der Waals surface area contributed by atoms with Crippen LogP contribution in [0.1, 0.15) is 79.4 Å². The second-order valence-electron chi connectivity index (χ2n) is 13.6.